The Morgan fingerprint density at radius 1 is 0.897 bits per heavy atom. The predicted molar refractivity (Wildman–Crippen MR) is 111 cm³/mol. The van der Waals surface area contributed by atoms with Crippen LogP contribution in [0.4, 0.5) is 0 Å². The summed E-state index contributed by atoms with van der Waals surface area (Å²) < 4.78 is 0. The molecule has 150 valence electrons. The smallest absolute Gasteiger partial charge is 0.262 e. The first kappa shape index (κ1) is 19.6. The van der Waals surface area contributed by atoms with Gasteiger partial charge in [0, 0.05) is 24.5 Å². The van der Waals surface area contributed by atoms with E-state index in [2.05, 4.69) is 0 Å². The van der Waals surface area contributed by atoms with E-state index in [4.69, 9.17) is 11.6 Å². The van der Waals surface area contributed by atoms with Gasteiger partial charge in [0.15, 0.2) is 0 Å². The monoisotopic (exact) mass is 410 g/mol. The fourth-order valence-corrected chi connectivity index (χ4v) is 4.38. The van der Waals surface area contributed by atoms with Gasteiger partial charge in [-0.2, -0.15) is 0 Å². The normalized spacial score (nSPS) is 17.8. The summed E-state index contributed by atoms with van der Waals surface area (Å²) in [6, 6.07) is 13.1. The second-order valence-electron chi connectivity index (χ2n) is 7.62. The van der Waals surface area contributed by atoms with E-state index in [9.17, 15) is 14.4 Å². The molecule has 0 aromatic heterocycles. The zero-order chi connectivity index (χ0) is 20.4. The lowest BCUT2D eigenvalue weighted by molar-refractivity contribution is -0.135. The molecular weight excluding hydrogens is 388 g/mol. The Kier molecular flexibility index (Phi) is 5.67. The van der Waals surface area contributed by atoms with Crippen LogP contribution >= 0.6 is 11.6 Å². The molecule has 0 radical (unpaired) electrons. The molecule has 2 aromatic rings. The number of likely N-dealkylation sites (tertiary alicyclic amines) is 1. The van der Waals surface area contributed by atoms with Gasteiger partial charge in [0.25, 0.3) is 11.8 Å². The Morgan fingerprint density at radius 3 is 2.10 bits per heavy atom. The van der Waals surface area contributed by atoms with Crippen LogP contribution < -0.4 is 0 Å². The lowest BCUT2D eigenvalue weighted by atomic mass is 10.0. The van der Waals surface area contributed by atoms with E-state index >= 15 is 0 Å². The van der Waals surface area contributed by atoms with E-state index in [1.54, 1.807) is 36.4 Å². The van der Waals surface area contributed by atoms with Gasteiger partial charge in [-0.25, -0.2) is 0 Å². The quantitative estimate of drug-likeness (QED) is 0.717. The molecule has 2 aromatic carbocycles. The van der Waals surface area contributed by atoms with Crippen LogP contribution in [-0.2, 0) is 11.2 Å². The molecule has 0 N–H and O–H groups in total. The van der Waals surface area contributed by atoms with Crippen molar-refractivity contribution in [2.75, 3.05) is 13.1 Å². The van der Waals surface area contributed by atoms with Crippen molar-refractivity contribution in [3.63, 3.8) is 0 Å². The van der Waals surface area contributed by atoms with Gasteiger partial charge in [-0.3, -0.25) is 19.3 Å². The minimum Gasteiger partial charge on any atom is -0.341 e. The average Bonchev–Trinajstić information content (AvgIpc) is 2.90. The Balaban J connectivity index is 1.69. The second-order valence-corrected chi connectivity index (χ2v) is 8.05. The highest BCUT2D eigenvalue weighted by atomic mass is 35.5. The molecule has 2 aliphatic heterocycles. The first-order chi connectivity index (χ1) is 14.1. The lowest BCUT2D eigenvalue weighted by Crippen LogP contribution is -2.52. The van der Waals surface area contributed by atoms with Crippen LogP contribution in [0.25, 0.3) is 0 Å². The number of nitrogens with zero attached hydrogens (tertiary/aromatic N) is 2. The molecule has 4 rings (SSSR count). The minimum atomic E-state index is -0.876. The topological polar surface area (TPSA) is 57.7 Å². The van der Waals surface area contributed by atoms with Crippen molar-refractivity contribution in [2.24, 2.45) is 0 Å². The molecule has 1 atom stereocenters. The van der Waals surface area contributed by atoms with Crippen LogP contribution in [0.15, 0.2) is 48.5 Å². The summed E-state index contributed by atoms with van der Waals surface area (Å²) in [6.45, 7) is 1.32. The summed E-state index contributed by atoms with van der Waals surface area (Å²) in [5.41, 5.74) is 1.54. The van der Waals surface area contributed by atoms with Gasteiger partial charge in [-0.05, 0) is 42.7 Å². The maximum Gasteiger partial charge on any atom is 0.262 e. The molecule has 0 aliphatic carbocycles. The maximum atomic E-state index is 13.5. The van der Waals surface area contributed by atoms with Gasteiger partial charge in [-0.15, -0.1) is 0 Å². The van der Waals surface area contributed by atoms with Crippen LogP contribution in [0.2, 0.25) is 5.02 Å². The average molecular weight is 411 g/mol. The molecule has 2 heterocycles. The zero-order valence-electron chi connectivity index (χ0n) is 16.1. The highest BCUT2D eigenvalue weighted by Gasteiger charge is 2.43. The number of rotatable bonds is 4. The third-order valence-corrected chi connectivity index (χ3v) is 5.89. The third-order valence-electron chi connectivity index (χ3n) is 5.66. The number of benzene rings is 2. The standard InChI is InChI=1S/C23H23ClN2O3/c24-17-9-7-8-16(14-17)15-20(23(29)25-12-5-1-2-6-13-25)26-21(27)18-10-3-4-11-19(18)22(26)28/h3-4,7-11,14,20H,1-2,5-6,12-13,15H2. The molecule has 0 saturated carbocycles. The van der Waals surface area contributed by atoms with Gasteiger partial charge < -0.3 is 4.90 Å². The number of halogens is 1. The van der Waals surface area contributed by atoms with Gasteiger partial charge >= 0.3 is 0 Å². The Morgan fingerprint density at radius 2 is 1.52 bits per heavy atom. The van der Waals surface area contributed by atoms with Crippen molar-refractivity contribution in [1.29, 1.82) is 0 Å². The van der Waals surface area contributed by atoms with E-state index in [-0.39, 0.29) is 12.3 Å². The van der Waals surface area contributed by atoms with Gasteiger partial charge in [0.2, 0.25) is 5.91 Å². The molecule has 1 saturated heterocycles. The Labute approximate surface area is 175 Å². The highest BCUT2D eigenvalue weighted by Crippen LogP contribution is 2.28. The van der Waals surface area contributed by atoms with Crippen molar-refractivity contribution in [2.45, 2.75) is 38.1 Å². The first-order valence-electron chi connectivity index (χ1n) is 10.1. The minimum absolute atomic E-state index is 0.165. The predicted octanol–water partition coefficient (Wildman–Crippen LogP) is 3.95. The highest BCUT2D eigenvalue weighted by molar-refractivity contribution is 6.30. The van der Waals surface area contributed by atoms with Crippen molar-refractivity contribution in [1.82, 2.24) is 9.80 Å². The summed E-state index contributed by atoms with van der Waals surface area (Å²) in [5, 5.41) is 0.561. The summed E-state index contributed by atoms with van der Waals surface area (Å²) in [5.74, 6) is -0.969. The van der Waals surface area contributed by atoms with Crippen LogP contribution in [-0.4, -0.2) is 46.7 Å². The van der Waals surface area contributed by atoms with Crippen LogP contribution in [0.5, 0.6) is 0 Å². The van der Waals surface area contributed by atoms with E-state index in [1.165, 1.54) is 0 Å². The molecule has 0 spiro atoms. The Hall–Kier alpha value is -2.66. The van der Waals surface area contributed by atoms with Crippen molar-refractivity contribution >= 4 is 29.3 Å². The van der Waals surface area contributed by atoms with E-state index in [1.807, 2.05) is 17.0 Å². The molecule has 3 amide bonds. The largest absolute Gasteiger partial charge is 0.341 e. The fourth-order valence-electron chi connectivity index (χ4n) is 4.17. The van der Waals surface area contributed by atoms with E-state index in [0.29, 0.717) is 29.2 Å². The summed E-state index contributed by atoms with van der Waals surface area (Å²) in [4.78, 5) is 42.6. The number of hydrogen-bond acceptors (Lipinski definition) is 3. The van der Waals surface area contributed by atoms with Crippen molar-refractivity contribution in [3.05, 3.63) is 70.2 Å². The molecule has 0 bridgehead atoms. The second kappa shape index (κ2) is 8.37. The maximum absolute atomic E-state index is 13.5. The van der Waals surface area contributed by atoms with E-state index < -0.39 is 17.9 Å². The van der Waals surface area contributed by atoms with E-state index in [0.717, 1.165) is 36.1 Å². The van der Waals surface area contributed by atoms with Crippen LogP contribution in [0, 0.1) is 0 Å². The van der Waals surface area contributed by atoms with Crippen LogP contribution in [0.3, 0.4) is 0 Å². The van der Waals surface area contributed by atoms with Crippen molar-refractivity contribution < 1.29 is 14.4 Å². The molecule has 2 aliphatic rings. The number of fused-ring (bicyclic) bond motifs is 1. The Bertz CT molecular complexity index is 916. The molecule has 1 unspecified atom stereocenters. The van der Waals surface area contributed by atoms with Crippen LogP contribution in [0.1, 0.15) is 52.0 Å². The van der Waals surface area contributed by atoms with Gasteiger partial charge in [-0.1, -0.05) is 48.7 Å². The number of amides is 3. The molecular formula is C23H23ClN2O3. The number of carbonyl (C=O) groups is 3. The van der Waals surface area contributed by atoms with Crippen molar-refractivity contribution in [3.8, 4) is 0 Å². The summed E-state index contributed by atoms with van der Waals surface area (Å²) in [6.07, 6.45) is 4.32. The molecule has 29 heavy (non-hydrogen) atoms. The first-order valence-corrected chi connectivity index (χ1v) is 10.4. The van der Waals surface area contributed by atoms with Gasteiger partial charge in [0.05, 0.1) is 11.1 Å². The summed E-state index contributed by atoms with van der Waals surface area (Å²) in [7, 11) is 0. The number of imide groups is 1. The molecule has 5 nitrogen and oxygen atoms in total. The molecule has 6 heteroatoms. The van der Waals surface area contributed by atoms with Gasteiger partial charge in [0.1, 0.15) is 6.04 Å². The molecule has 1 fully saturated rings. The third kappa shape index (κ3) is 3.92. The lowest BCUT2D eigenvalue weighted by Gasteiger charge is -2.31. The fraction of sp³-hybridized carbons (Fsp3) is 0.348. The summed E-state index contributed by atoms with van der Waals surface area (Å²) >= 11 is 6.13. The number of carbonyl (C=O) groups excluding carboxylic acids is 3. The number of hydrogen-bond donors (Lipinski definition) is 0. The SMILES string of the molecule is O=C(C(Cc1cccc(Cl)c1)N1C(=O)c2ccccc2C1=O)N1CCCCCC1. The zero-order valence-corrected chi connectivity index (χ0v) is 16.9.